The van der Waals surface area contributed by atoms with E-state index in [4.69, 9.17) is 16.1 Å². The van der Waals surface area contributed by atoms with Crippen molar-refractivity contribution in [2.45, 2.75) is 55.5 Å². The molecule has 4 rings (SSSR count). The molecule has 0 N–H and O–H groups in total. The van der Waals surface area contributed by atoms with Gasteiger partial charge in [0.05, 0.1) is 5.75 Å². The molecule has 2 aromatic heterocycles. The topological polar surface area (TPSA) is 69.6 Å². The fourth-order valence-corrected chi connectivity index (χ4v) is 4.45. The lowest BCUT2D eigenvalue weighted by atomic mass is 9.89. The van der Waals surface area contributed by atoms with Gasteiger partial charge >= 0.3 is 0 Å². The summed E-state index contributed by atoms with van der Waals surface area (Å²) in [5, 5.41) is 14.6. The largest absolute Gasteiger partial charge is 0.334 e. The van der Waals surface area contributed by atoms with Crippen molar-refractivity contribution < 1.29 is 4.52 Å². The number of hydrogen-bond donors (Lipinski definition) is 0. The molecule has 1 aliphatic carbocycles. The van der Waals surface area contributed by atoms with Crippen LogP contribution in [0.25, 0.3) is 11.5 Å². The van der Waals surface area contributed by atoms with Gasteiger partial charge in [-0.3, -0.25) is 0 Å². The summed E-state index contributed by atoms with van der Waals surface area (Å²) >= 11 is 7.50. The molecule has 3 aromatic rings. The van der Waals surface area contributed by atoms with Gasteiger partial charge in [-0.15, -0.1) is 16.8 Å². The van der Waals surface area contributed by atoms with Gasteiger partial charge in [0.15, 0.2) is 11.0 Å². The Kier molecular flexibility index (Phi) is 6.12. The van der Waals surface area contributed by atoms with E-state index in [0.717, 1.165) is 16.5 Å². The minimum atomic E-state index is 0.489. The number of hydrogen-bond acceptors (Lipinski definition) is 6. The summed E-state index contributed by atoms with van der Waals surface area (Å²) in [4.78, 5) is 4.48. The molecule has 0 atom stereocenters. The lowest BCUT2D eigenvalue weighted by Crippen LogP contribution is -2.12. The highest BCUT2D eigenvalue weighted by Gasteiger charge is 2.23. The van der Waals surface area contributed by atoms with Gasteiger partial charge in [-0.25, -0.2) is 0 Å². The lowest BCUT2D eigenvalue weighted by Gasteiger charge is -2.21. The zero-order valence-corrected chi connectivity index (χ0v) is 17.1. The van der Waals surface area contributed by atoms with Crippen molar-refractivity contribution in [1.29, 1.82) is 0 Å². The molecule has 0 radical (unpaired) electrons. The Morgan fingerprint density at radius 1 is 1.18 bits per heavy atom. The van der Waals surface area contributed by atoms with Crippen LogP contribution in [0.1, 0.15) is 49.7 Å². The molecule has 1 saturated carbocycles. The zero-order chi connectivity index (χ0) is 19.3. The molecular weight excluding hydrogens is 394 g/mol. The second-order valence-electron chi connectivity index (χ2n) is 6.89. The Bertz CT molecular complexity index is 930. The summed E-state index contributed by atoms with van der Waals surface area (Å²) in [6, 6.07) is 7.34. The molecule has 8 heteroatoms. The predicted octanol–water partition coefficient (Wildman–Crippen LogP) is 5.51. The molecule has 146 valence electrons. The molecule has 28 heavy (non-hydrogen) atoms. The molecule has 2 heterocycles. The highest BCUT2D eigenvalue weighted by molar-refractivity contribution is 7.98. The monoisotopic (exact) mass is 415 g/mol. The highest BCUT2D eigenvalue weighted by atomic mass is 35.5. The molecule has 0 aliphatic heterocycles. The van der Waals surface area contributed by atoms with E-state index in [1.807, 2.05) is 18.2 Å². The van der Waals surface area contributed by atoms with Crippen LogP contribution in [-0.4, -0.2) is 24.9 Å². The lowest BCUT2D eigenvalue weighted by molar-refractivity contribution is 0.415. The van der Waals surface area contributed by atoms with Crippen LogP contribution in [0.4, 0.5) is 0 Å². The Labute approximate surface area is 173 Å². The summed E-state index contributed by atoms with van der Waals surface area (Å²) in [6.07, 6.45) is 8.13. The number of nitrogens with zero attached hydrogens (tertiary/aromatic N) is 5. The van der Waals surface area contributed by atoms with E-state index in [-0.39, 0.29) is 0 Å². The van der Waals surface area contributed by atoms with E-state index >= 15 is 0 Å². The number of allylic oxidation sites excluding steroid dienone is 1. The van der Waals surface area contributed by atoms with Crippen molar-refractivity contribution in [1.82, 2.24) is 24.9 Å². The standard InChI is InChI=1S/C20H22ClN5OS/c1-2-12-26-18(14-6-4-3-5-7-14)23-24-20(26)28-13-17-22-19(27-25-17)15-8-10-16(21)11-9-15/h2,8-11,14H,1,3-7,12-13H2. The van der Waals surface area contributed by atoms with E-state index in [9.17, 15) is 0 Å². The van der Waals surface area contributed by atoms with Gasteiger partial charge in [0, 0.05) is 23.0 Å². The van der Waals surface area contributed by atoms with Crippen LogP contribution < -0.4 is 0 Å². The van der Waals surface area contributed by atoms with Gasteiger partial charge in [0.2, 0.25) is 0 Å². The summed E-state index contributed by atoms with van der Waals surface area (Å²) < 4.78 is 7.56. The Morgan fingerprint density at radius 3 is 2.71 bits per heavy atom. The fraction of sp³-hybridized carbons (Fsp3) is 0.400. The van der Waals surface area contributed by atoms with E-state index in [1.165, 1.54) is 32.1 Å². The number of thioether (sulfide) groups is 1. The van der Waals surface area contributed by atoms with Crippen molar-refractivity contribution in [3.8, 4) is 11.5 Å². The van der Waals surface area contributed by atoms with Gasteiger partial charge in [-0.2, -0.15) is 4.98 Å². The van der Waals surface area contributed by atoms with Crippen LogP contribution in [0.15, 0.2) is 46.6 Å². The third-order valence-electron chi connectivity index (χ3n) is 4.92. The number of benzene rings is 1. The van der Waals surface area contributed by atoms with E-state index in [2.05, 4.69) is 31.5 Å². The fourth-order valence-electron chi connectivity index (χ4n) is 3.52. The molecule has 1 fully saturated rings. The van der Waals surface area contributed by atoms with Crippen molar-refractivity contribution >= 4 is 23.4 Å². The van der Waals surface area contributed by atoms with Crippen LogP contribution in [0.2, 0.25) is 5.02 Å². The molecule has 1 aliphatic rings. The first-order chi connectivity index (χ1) is 13.7. The van der Waals surface area contributed by atoms with Crippen LogP contribution >= 0.6 is 23.4 Å². The SMILES string of the molecule is C=CCn1c(SCc2noc(-c3ccc(Cl)cc3)n2)nnc1C1CCCCC1. The third-order valence-corrected chi connectivity index (χ3v) is 6.13. The molecule has 0 saturated heterocycles. The average Bonchev–Trinajstić information content (AvgIpc) is 3.35. The number of halogens is 1. The van der Waals surface area contributed by atoms with Gasteiger partial charge < -0.3 is 9.09 Å². The van der Waals surface area contributed by atoms with E-state index in [0.29, 0.717) is 35.0 Å². The van der Waals surface area contributed by atoms with Crippen molar-refractivity contribution in [2.75, 3.05) is 0 Å². The molecule has 0 bridgehead atoms. The Morgan fingerprint density at radius 2 is 1.96 bits per heavy atom. The predicted molar refractivity (Wildman–Crippen MR) is 110 cm³/mol. The first-order valence-electron chi connectivity index (χ1n) is 9.50. The van der Waals surface area contributed by atoms with Gasteiger partial charge in [0.25, 0.3) is 5.89 Å². The molecule has 0 spiro atoms. The van der Waals surface area contributed by atoms with Gasteiger partial charge in [0.1, 0.15) is 5.82 Å². The van der Waals surface area contributed by atoms with Crippen LogP contribution in [0.3, 0.4) is 0 Å². The number of aromatic nitrogens is 5. The normalized spacial score (nSPS) is 15.0. The second kappa shape index (κ2) is 8.92. The average molecular weight is 416 g/mol. The van der Waals surface area contributed by atoms with E-state index in [1.54, 1.807) is 23.9 Å². The van der Waals surface area contributed by atoms with Crippen LogP contribution in [0.5, 0.6) is 0 Å². The maximum Gasteiger partial charge on any atom is 0.257 e. The Hall–Kier alpha value is -2.12. The summed E-state index contributed by atoms with van der Waals surface area (Å²) in [6.45, 7) is 4.60. The van der Waals surface area contributed by atoms with Crippen molar-refractivity contribution in [3.05, 3.63) is 53.6 Å². The molecule has 1 aromatic carbocycles. The third kappa shape index (κ3) is 4.31. The van der Waals surface area contributed by atoms with Gasteiger partial charge in [-0.1, -0.05) is 53.9 Å². The smallest absolute Gasteiger partial charge is 0.257 e. The second-order valence-corrected chi connectivity index (χ2v) is 8.27. The summed E-state index contributed by atoms with van der Waals surface area (Å²) in [5.41, 5.74) is 0.850. The van der Waals surface area contributed by atoms with Gasteiger partial charge in [-0.05, 0) is 37.1 Å². The van der Waals surface area contributed by atoms with Crippen LogP contribution in [-0.2, 0) is 12.3 Å². The maximum atomic E-state index is 5.93. The molecule has 0 amide bonds. The quantitative estimate of drug-likeness (QED) is 0.374. The highest BCUT2D eigenvalue weighted by Crippen LogP contribution is 2.33. The van der Waals surface area contributed by atoms with Crippen molar-refractivity contribution in [2.24, 2.45) is 0 Å². The molecule has 0 unspecified atom stereocenters. The first kappa shape index (κ1) is 19.2. The first-order valence-corrected chi connectivity index (χ1v) is 10.9. The summed E-state index contributed by atoms with van der Waals surface area (Å²) in [5.74, 6) is 3.26. The number of rotatable bonds is 7. The summed E-state index contributed by atoms with van der Waals surface area (Å²) in [7, 11) is 0. The molecular formula is C20H22ClN5OS. The zero-order valence-electron chi connectivity index (χ0n) is 15.6. The Balaban J connectivity index is 1.46. The van der Waals surface area contributed by atoms with Crippen molar-refractivity contribution in [3.63, 3.8) is 0 Å². The maximum absolute atomic E-state index is 5.93. The minimum Gasteiger partial charge on any atom is -0.334 e. The van der Waals surface area contributed by atoms with Crippen LogP contribution in [0, 0.1) is 0 Å². The van der Waals surface area contributed by atoms with E-state index < -0.39 is 0 Å². The molecule has 6 nitrogen and oxygen atoms in total. The minimum absolute atomic E-state index is 0.489.